The third-order valence-electron chi connectivity index (χ3n) is 3.19. The lowest BCUT2D eigenvalue weighted by molar-refractivity contribution is 0.352. The second-order valence-corrected chi connectivity index (χ2v) is 4.45. The first-order chi connectivity index (χ1) is 7.68. The molecule has 1 saturated heterocycles. The van der Waals surface area contributed by atoms with E-state index in [1.165, 1.54) is 25.9 Å². The molecule has 2 heterocycles. The number of hydrogen-bond donors (Lipinski definition) is 2. The van der Waals surface area contributed by atoms with Gasteiger partial charge in [-0.2, -0.15) is 5.10 Å². The van der Waals surface area contributed by atoms with Gasteiger partial charge in [-0.3, -0.25) is 4.68 Å². The molecule has 0 aliphatic carbocycles. The molecule has 1 aliphatic rings. The van der Waals surface area contributed by atoms with Crippen molar-refractivity contribution in [2.75, 3.05) is 37.2 Å². The molecule has 0 saturated carbocycles. The van der Waals surface area contributed by atoms with E-state index in [1.54, 1.807) is 0 Å². The van der Waals surface area contributed by atoms with E-state index in [2.05, 4.69) is 15.3 Å². The predicted molar refractivity (Wildman–Crippen MR) is 66.5 cm³/mol. The van der Waals surface area contributed by atoms with E-state index in [4.69, 9.17) is 5.73 Å². The number of nitrogens with two attached hydrogens (primary N) is 1. The van der Waals surface area contributed by atoms with Crippen LogP contribution in [0.3, 0.4) is 0 Å². The molecule has 1 aromatic heterocycles. The topological polar surface area (TPSA) is 59.1 Å². The first kappa shape index (κ1) is 11.3. The Labute approximate surface area is 96.6 Å². The molecule has 90 valence electrons. The number of nitrogens with one attached hydrogen (secondary N) is 1. The van der Waals surface area contributed by atoms with Crippen LogP contribution in [0.15, 0.2) is 0 Å². The molecule has 0 amide bonds. The molecule has 0 bridgehead atoms. The molecule has 3 N–H and O–H groups in total. The largest absolute Gasteiger partial charge is 0.394 e. The van der Waals surface area contributed by atoms with Gasteiger partial charge in [0.25, 0.3) is 0 Å². The highest BCUT2D eigenvalue weighted by Crippen LogP contribution is 2.20. The van der Waals surface area contributed by atoms with Crippen LogP contribution in [0, 0.1) is 6.92 Å². The van der Waals surface area contributed by atoms with Crippen LogP contribution in [0.1, 0.15) is 18.5 Å². The third kappa shape index (κ3) is 2.29. The lowest BCUT2D eigenvalue weighted by Crippen LogP contribution is -2.26. The molecule has 1 fully saturated rings. The number of rotatable bonds is 4. The Balaban J connectivity index is 1.84. The van der Waals surface area contributed by atoms with Gasteiger partial charge in [0.1, 0.15) is 5.82 Å². The smallest absolute Gasteiger partial charge is 0.147 e. The minimum absolute atomic E-state index is 0.768. The summed E-state index contributed by atoms with van der Waals surface area (Å²) >= 11 is 0. The molecule has 0 aromatic carbocycles. The van der Waals surface area contributed by atoms with E-state index >= 15 is 0 Å². The number of nitrogen functional groups attached to an aromatic ring is 1. The van der Waals surface area contributed by atoms with Crippen molar-refractivity contribution in [2.45, 2.75) is 19.8 Å². The molecule has 5 heteroatoms. The van der Waals surface area contributed by atoms with E-state index in [-0.39, 0.29) is 0 Å². The maximum absolute atomic E-state index is 5.94. The summed E-state index contributed by atoms with van der Waals surface area (Å²) in [6.45, 7) is 6.43. The van der Waals surface area contributed by atoms with Gasteiger partial charge in [0.15, 0.2) is 0 Å². The zero-order valence-corrected chi connectivity index (χ0v) is 10.2. The van der Waals surface area contributed by atoms with Crippen LogP contribution in [0.2, 0.25) is 0 Å². The average Bonchev–Trinajstić information content (AvgIpc) is 2.82. The van der Waals surface area contributed by atoms with Crippen molar-refractivity contribution in [1.82, 2.24) is 14.7 Å². The SMILES string of the molecule is Cc1nn(C)c(NCCN2CCCC2)c1N. The molecule has 0 atom stereocenters. The Morgan fingerprint density at radius 2 is 2.06 bits per heavy atom. The summed E-state index contributed by atoms with van der Waals surface area (Å²) in [6, 6.07) is 0. The van der Waals surface area contributed by atoms with Crippen LogP contribution in [0.25, 0.3) is 0 Å². The van der Waals surface area contributed by atoms with Gasteiger partial charge in [-0.15, -0.1) is 0 Å². The van der Waals surface area contributed by atoms with Crippen LogP contribution in [0.4, 0.5) is 11.5 Å². The van der Waals surface area contributed by atoms with Gasteiger partial charge in [0.05, 0.1) is 11.4 Å². The Bertz CT molecular complexity index is 352. The second-order valence-electron chi connectivity index (χ2n) is 4.45. The van der Waals surface area contributed by atoms with E-state index in [9.17, 15) is 0 Å². The van der Waals surface area contributed by atoms with Gasteiger partial charge in [0, 0.05) is 20.1 Å². The zero-order valence-electron chi connectivity index (χ0n) is 10.2. The van der Waals surface area contributed by atoms with Crippen LogP contribution in [-0.2, 0) is 7.05 Å². The van der Waals surface area contributed by atoms with Gasteiger partial charge < -0.3 is 16.0 Å². The summed E-state index contributed by atoms with van der Waals surface area (Å²) in [6.07, 6.45) is 2.68. The van der Waals surface area contributed by atoms with Crippen molar-refractivity contribution in [3.63, 3.8) is 0 Å². The molecule has 1 aromatic rings. The molecular weight excluding hydrogens is 202 g/mol. The Hall–Kier alpha value is -1.23. The number of nitrogens with zero attached hydrogens (tertiary/aromatic N) is 3. The Morgan fingerprint density at radius 1 is 1.38 bits per heavy atom. The van der Waals surface area contributed by atoms with E-state index in [0.29, 0.717) is 0 Å². The monoisotopic (exact) mass is 223 g/mol. The summed E-state index contributed by atoms with van der Waals surface area (Å²) in [4.78, 5) is 2.48. The molecule has 0 spiro atoms. The number of anilines is 2. The van der Waals surface area contributed by atoms with Crippen LogP contribution < -0.4 is 11.1 Å². The first-order valence-electron chi connectivity index (χ1n) is 5.94. The highest BCUT2D eigenvalue weighted by molar-refractivity contribution is 5.64. The highest BCUT2D eigenvalue weighted by atomic mass is 15.3. The number of likely N-dealkylation sites (tertiary alicyclic amines) is 1. The number of aryl methyl sites for hydroxylation is 2. The summed E-state index contributed by atoms with van der Waals surface area (Å²) in [5.74, 6) is 0.941. The van der Waals surface area contributed by atoms with Gasteiger partial charge in [-0.05, 0) is 32.9 Å². The molecule has 0 unspecified atom stereocenters. The van der Waals surface area contributed by atoms with Gasteiger partial charge in [0.2, 0.25) is 0 Å². The van der Waals surface area contributed by atoms with Crippen molar-refractivity contribution in [2.24, 2.45) is 7.05 Å². The van der Waals surface area contributed by atoms with E-state index < -0.39 is 0 Å². The summed E-state index contributed by atoms with van der Waals surface area (Å²) < 4.78 is 1.81. The summed E-state index contributed by atoms with van der Waals surface area (Å²) in [5.41, 5.74) is 7.60. The van der Waals surface area contributed by atoms with Crippen LogP contribution in [0.5, 0.6) is 0 Å². The summed E-state index contributed by atoms with van der Waals surface area (Å²) in [7, 11) is 1.92. The molecule has 16 heavy (non-hydrogen) atoms. The first-order valence-corrected chi connectivity index (χ1v) is 5.94. The van der Waals surface area contributed by atoms with Gasteiger partial charge in [-0.25, -0.2) is 0 Å². The van der Waals surface area contributed by atoms with Crippen molar-refractivity contribution < 1.29 is 0 Å². The quantitative estimate of drug-likeness (QED) is 0.793. The maximum Gasteiger partial charge on any atom is 0.147 e. The molecular formula is C11H21N5. The van der Waals surface area contributed by atoms with Crippen molar-refractivity contribution in [1.29, 1.82) is 0 Å². The molecule has 1 aliphatic heterocycles. The number of aromatic nitrogens is 2. The fraction of sp³-hybridized carbons (Fsp3) is 0.727. The van der Waals surface area contributed by atoms with Crippen molar-refractivity contribution >= 4 is 11.5 Å². The second kappa shape index (κ2) is 4.74. The molecule has 0 radical (unpaired) electrons. The van der Waals surface area contributed by atoms with Crippen LogP contribution >= 0.6 is 0 Å². The Morgan fingerprint density at radius 3 is 2.62 bits per heavy atom. The van der Waals surface area contributed by atoms with E-state index in [0.717, 1.165) is 30.3 Å². The number of hydrogen-bond acceptors (Lipinski definition) is 4. The predicted octanol–water partition coefficient (Wildman–Crippen LogP) is 0.818. The average molecular weight is 223 g/mol. The van der Waals surface area contributed by atoms with Gasteiger partial charge in [-0.1, -0.05) is 0 Å². The lowest BCUT2D eigenvalue weighted by Gasteiger charge is -2.15. The highest BCUT2D eigenvalue weighted by Gasteiger charge is 2.12. The standard InChI is InChI=1S/C11H21N5/c1-9-10(12)11(15(2)14-9)13-5-8-16-6-3-4-7-16/h13H,3-8,12H2,1-2H3. The van der Waals surface area contributed by atoms with Crippen molar-refractivity contribution in [3.8, 4) is 0 Å². The fourth-order valence-corrected chi connectivity index (χ4v) is 2.22. The summed E-state index contributed by atoms with van der Waals surface area (Å²) in [5, 5.41) is 7.64. The third-order valence-corrected chi connectivity index (χ3v) is 3.19. The Kier molecular flexibility index (Phi) is 3.33. The fourth-order valence-electron chi connectivity index (χ4n) is 2.22. The van der Waals surface area contributed by atoms with E-state index in [1.807, 2.05) is 18.7 Å². The minimum Gasteiger partial charge on any atom is -0.394 e. The van der Waals surface area contributed by atoms with Gasteiger partial charge >= 0.3 is 0 Å². The lowest BCUT2D eigenvalue weighted by atomic mass is 10.4. The normalized spacial score (nSPS) is 16.9. The van der Waals surface area contributed by atoms with Crippen LogP contribution in [-0.4, -0.2) is 40.9 Å². The maximum atomic E-state index is 5.94. The molecule has 2 rings (SSSR count). The van der Waals surface area contributed by atoms with Crippen molar-refractivity contribution in [3.05, 3.63) is 5.69 Å². The zero-order chi connectivity index (χ0) is 11.5. The molecule has 5 nitrogen and oxygen atoms in total. The minimum atomic E-state index is 0.768.